The summed E-state index contributed by atoms with van der Waals surface area (Å²) in [6, 6.07) is 5.77. The largest absolute Gasteiger partial charge is 0.486 e. The predicted octanol–water partition coefficient (Wildman–Crippen LogP) is 1.10. The van der Waals surface area contributed by atoms with E-state index in [0.29, 0.717) is 19.8 Å². The van der Waals surface area contributed by atoms with Gasteiger partial charge >= 0.3 is 0 Å². The first-order valence-electron chi connectivity index (χ1n) is 4.97. The van der Waals surface area contributed by atoms with Crippen LogP contribution in [0.2, 0.25) is 0 Å². The van der Waals surface area contributed by atoms with Crippen molar-refractivity contribution in [1.29, 1.82) is 0 Å². The molecule has 1 aliphatic rings. The molecule has 0 bridgehead atoms. The van der Waals surface area contributed by atoms with E-state index in [4.69, 9.17) is 19.9 Å². The maximum absolute atomic E-state index is 5.59. The maximum atomic E-state index is 5.59. The van der Waals surface area contributed by atoms with Crippen LogP contribution in [0.15, 0.2) is 18.2 Å². The first-order chi connectivity index (χ1) is 7.35. The summed E-state index contributed by atoms with van der Waals surface area (Å²) in [6.45, 7) is 1.66. The molecule has 0 fully saturated rings. The molecule has 82 valence electrons. The zero-order valence-corrected chi connectivity index (χ0v) is 8.73. The molecule has 0 spiro atoms. The smallest absolute Gasteiger partial charge is 0.161 e. The second-order valence-corrected chi connectivity index (χ2v) is 3.36. The summed E-state index contributed by atoms with van der Waals surface area (Å²) in [4.78, 5) is 0. The van der Waals surface area contributed by atoms with Crippen LogP contribution < -0.4 is 15.2 Å². The van der Waals surface area contributed by atoms with Crippen molar-refractivity contribution >= 4 is 0 Å². The SMILES string of the molecule is COC(CN)c1ccc2c(c1)OCCO2. The Balaban J connectivity index is 2.27. The first kappa shape index (κ1) is 10.3. The zero-order chi connectivity index (χ0) is 10.7. The molecule has 1 atom stereocenters. The Morgan fingerprint density at radius 2 is 2.07 bits per heavy atom. The van der Waals surface area contributed by atoms with E-state index in [1.54, 1.807) is 7.11 Å². The Hall–Kier alpha value is -1.26. The predicted molar refractivity (Wildman–Crippen MR) is 56.2 cm³/mol. The van der Waals surface area contributed by atoms with Gasteiger partial charge in [-0.15, -0.1) is 0 Å². The van der Waals surface area contributed by atoms with Crippen LogP contribution >= 0.6 is 0 Å². The molecule has 2 N–H and O–H groups in total. The number of rotatable bonds is 3. The molecule has 1 aliphatic heterocycles. The second-order valence-electron chi connectivity index (χ2n) is 3.36. The normalized spacial score (nSPS) is 16.1. The van der Waals surface area contributed by atoms with Crippen molar-refractivity contribution in [3.05, 3.63) is 23.8 Å². The van der Waals surface area contributed by atoms with E-state index < -0.39 is 0 Å². The van der Waals surface area contributed by atoms with Crippen molar-refractivity contribution in [3.63, 3.8) is 0 Å². The van der Waals surface area contributed by atoms with Crippen molar-refractivity contribution in [1.82, 2.24) is 0 Å². The molecule has 4 heteroatoms. The van der Waals surface area contributed by atoms with Gasteiger partial charge in [-0.2, -0.15) is 0 Å². The van der Waals surface area contributed by atoms with Gasteiger partial charge in [0.15, 0.2) is 11.5 Å². The Bertz CT molecular complexity index is 337. The number of fused-ring (bicyclic) bond motifs is 1. The van der Waals surface area contributed by atoms with Gasteiger partial charge in [0.25, 0.3) is 0 Å². The molecule has 15 heavy (non-hydrogen) atoms. The highest BCUT2D eigenvalue weighted by Gasteiger charge is 2.15. The average molecular weight is 209 g/mol. The Kier molecular flexibility index (Phi) is 3.08. The van der Waals surface area contributed by atoms with E-state index in [0.717, 1.165) is 17.1 Å². The van der Waals surface area contributed by atoms with Gasteiger partial charge in [0.05, 0.1) is 6.10 Å². The number of hydrogen-bond donors (Lipinski definition) is 1. The lowest BCUT2D eigenvalue weighted by Gasteiger charge is -2.20. The van der Waals surface area contributed by atoms with Crippen molar-refractivity contribution in [2.45, 2.75) is 6.10 Å². The molecule has 2 rings (SSSR count). The zero-order valence-electron chi connectivity index (χ0n) is 8.73. The monoisotopic (exact) mass is 209 g/mol. The molecule has 0 aliphatic carbocycles. The first-order valence-corrected chi connectivity index (χ1v) is 4.97. The van der Waals surface area contributed by atoms with Gasteiger partial charge < -0.3 is 19.9 Å². The van der Waals surface area contributed by atoms with Gasteiger partial charge in [0.1, 0.15) is 13.2 Å². The average Bonchev–Trinajstić information content (AvgIpc) is 2.30. The van der Waals surface area contributed by atoms with Crippen molar-refractivity contribution in [3.8, 4) is 11.5 Å². The lowest BCUT2D eigenvalue weighted by atomic mass is 10.1. The van der Waals surface area contributed by atoms with E-state index in [9.17, 15) is 0 Å². The maximum Gasteiger partial charge on any atom is 0.161 e. The molecule has 1 aromatic rings. The summed E-state index contributed by atoms with van der Waals surface area (Å²) in [5, 5.41) is 0. The van der Waals surface area contributed by atoms with Gasteiger partial charge in [0.2, 0.25) is 0 Å². The molecule has 1 unspecified atom stereocenters. The van der Waals surface area contributed by atoms with Crippen LogP contribution in [0.3, 0.4) is 0 Å². The van der Waals surface area contributed by atoms with Gasteiger partial charge in [-0.3, -0.25) is 0 Å². The third-order valence-corrected chi connectivity index (χ3v) is 2.44. The number of benzene rings is 1. The van der Waals surface area contributed by atoms with Crippen LogP contribution in [0.5, 0.6) is 11.5 Å². The van der Waals surface area contributed by atoms with Gasteiger partial charge in [0, 0.05) is 13.7 Å². The summed E-state index contributed by atoms with van der Waals surface area (Å²) in [5.41, 5.74) is 6.61. The minimum atomic E-state index is -0.0826. The third kappa shape index (κ3) is 2.06. The van der Waals surface area contributed by atoms with E-state index in [1.165, 1.54) is 0 Å². The fourth-order valence-electron chi connectivity index (χ4n) is 1.63. The summed E-state index contributed by atoms with van der Waals surface area (Å²) in [7, 11) is 1.65. The van der Waals surface area contributed by atoms with Crippen LogP contribution in [0.25, 0.3) is 0 Å². The minimum Gasteiger partial charge on any atom is -0.486 e. The van der Waals surface area contributed by atoms with Crippen LogP contribution in [0.1, 0.15) is 11.7 Å². The Labute approximate surface area is 88.9 Å². The Morgan fingerprint density at radius 1 is 1.33 bits per heavy atom. The molecular weight excluding hydrogens is 194 g/mol. The number of methoxy groups -OCH3 is 1. The highest BCUT2D eigenvalue weighted by molar-refractivity contribution is 5.44. The lowest BCUT2D eigenvalue weighted by molar-refractivity contribution is 0.109. The number of nitrogens with two attached hydrogens (primary N) is 1. The molecule has 1 aromatic carbocycles. The van der Waals surface area contributed by atoms with E-state index in [1.807, 2.05) is 18.2 Å². The fraction of sp³-hybridized carbons (Fsp3) is 0.455. The van der Waals surface area contributed by atoms with Gasteiger partial charge in [-0.05, 0) is 17.7 Å². The molecule has 4 nitrogen and oxygen atoms in total. The van der Waals surface area contributed by atoms with Gasteiger partial charge in [-0.1, -0.05) is 6.07 Å². The standard InChI is InChI=1S/C11H15NO3/c1-13-11(7-12)8-2-3-9-10(6-8)15-5-4-14-9/h2-3,6,11H,4-5,7,12H2,1H3. The molecule has 0 radical (unpaired) electrons. The summed E-state index contributed by atoms with van der Waals surface area (Å²) in [6.07, 6.45) is -0.0826. The number of hydrogen-bond acceptors (Lipinski definition) is 4. The molecular formula is C11H15NO3. The van der Waals surface area contributed by atoms with E-state index in [-0.39, 0.29) is 6.10 Å². The van der Waals surface area contributed by atoms with Gasteiger partial charge in [-0.25, -0.2) is 0 Å². The molecule has 0 saturated carbocycles. The highest BCUT2D eigenvalue weighted by atomic mass is 16.6. The Morgan fingerprint density at radius 3 is 2.73 bits per heavy atom. The number of ether oxygens (including phenoxy) is 3. The molecule has 0 aromatic heterocycles. The van der Waals surface area contributed by atoms with Crippen molar-refractivity contribution in [2.24, 2.45) is 5.73 Å². The van der Waals surface area contributed by atoms with Crippen LogP contribution in [-0.2, 0) is 4.74 Å². The highest BCUT2D eigenvalue weighted by Crippen LogP contribution is 2.32. The lowest BCUT2D eigenvalue weighted by Crippen LogP contribution is -2.17. The van der Waals surface area contributed by atoms with Crippen molar-refractivity contribution < 1.29 is 14.2 Å². The van der Waals surface area contributed by atoms with Crippen LogP contribution in [0, 0.1) is 0 Å². The fourth-order valence-corrected chi connectivity index (χ4v) is 1.63. The molecule has 1 heterocycles. The van der Waals surface area contributed by atoms with Crippen molar-refractivity contribution in [2.75, 3.05) is 26.9 Å². The van der Waals surface area contributed by atoms with E-state index >= 15 is 0 Å². The minimum absolute atomic E-state index is 0.0826. The van der Waals surface area contributed by atoms with E-state index in [2.05, 4.69) is 0 Å². The van der Waals surface area contributed by atoms with Crippen LogP contribution in [0.4, 0.5) is 0 Å². The quantitative estimate of drug-likeness (QED) is 0.810. The molecule has 0 saturated heterocycles. The topological polar surface area (TPSA) is 53.7 Å². The summed E-state index contributed by atoms with van der Waals surface area (Å²) >= 11 is 0. The van der Waals surface area contributed by atoms with Crippen LogP contribution in [-0.4, -0.2) is 26.9 Å². The molecule has 0 amide bonds. The summed E-state index contributed by atoms with van der Waals surface area (Å²) in [5.74, 6) is 1.56. The summed E-state index contributed by atoms with van der Waals surface area (Å²) < 4.78 is 16.2. The third-order valence-electron chi connectivity index (χ3n) is 2.44. The second kappa shape index (κ2) is 4.51.